The second-order valence-electron chi connectivity index (χ2n) is 8.99. The average Bonchev–Trinajstić information content (AvgIpc) is 3.01. The number of rotatable bonds is 5. The van der Waals surface area contributed by atoms with Crippen molar-refractivity contribution in [3.63, 3.8) is 0 Å². The molecule has 6 rings (SSSR count). The Hall–Kier alpha value is -1.07. The van der Waals surface area contributed by atoms with E-state index in [-0.39, 0.29) is 11.6 Å². The lowest BCUT2D eigenvalue weighted by Crippen LogP contribution is -2.61. The Bertz CT molecular complexity index is 590. The smallest absolute Gasteiger partial charge is 0.315 e. The van der Waals surface area contributed by atoms with Gasteiger partial charge in [-0.05, 0) is 85.1 Å². The molecule has 2 amide bonds. The van der Waals surface area contributed by atoms with E-state index < -0.39 is 0 Å². The van der Waals surface area contributed by atoms with Crippen molar-refractivity contribution in [2.24, 2.45) is 17.8 Å². The summed E-state index contributed by atoms with van der Waals surface area (Å²) in [6, 6.07) is 2.59. The SMILES string of the molecule is O=C(NCC(c1ccsc1)N1CCC1)NC12CC3CC(CC(C3)C1)C2. The number of hydrogen-bond acceptors (Lipinski definition) is 3. The fourth-order valence-electron chi connectivity index (χ4n) is 6.31. The summed E-state index contributed by atoms with van der Waals surface area (Å²) in [6.45, 7) is 3.02. The summed E-state index contributed by atoms with van der Waals surface area (Å²) in [5, 5.41) is 11.0. The van der Waals surface area contributed by atoms with Gasteiger partial charge in [-0.1, -0.05) is 0 Å². The third-order valence-corrected chi connectivity index (χ3v) is 7.83. The number of hydrogen-bond donors (Lipinski definition) is 2. The molecule has 1 aromatic heterocycles. The van der Waals surface area contributed by atoms with E-state index in [4.69, 9.17) is 0 Å². The lowest BCUT2D eigenvalue weighted by Gasteiger charge is -2.56. The molecule has 1 unspecified atom stereocenters. The van der Waals surface area contributed by atoms with Gasteiger partial charge in [-0.3, -0.25) is 4.90 Å². The van der Waals surface area contributed by atoms with Crippen LogP contribution < -0.4 is 10.6 Å². The van der Waals surface area contributed by atoms with Crippen LogP contribution in [0.15, 0.2) is 16.8 Å². The van der Waals surface area contributed by atoms with E-state index in [0.29, 0.717) is 6.04 Å². The molecule has 2 N–H and O–H groups in total. The summed E-state index contributed by atoms with van der Waals surface area (Å²) in [5.74, 6) is 2.60. The maximum atomic E-state index is 12.7. The molecule has 2 heterocycles. The van der Waals surface area contributed by atoms with Gasteiger partial charge in [-0.25, -0.2) is 4.79 Å². The van der Waals surface area contributed by atoms with Gasteiger partial charge in [0.2, 0.25) is 0 Å². The van der Waals surface area contributed by atoms with Crippen molar-refractivity contribution in [1.29, 1.82) is 0 Å². The Kier molecular flexibility index (Phi) is 4.05. The molecule has 1 aromatic rings. The van der Waals surface area contributed by atoms with Gasteiger partial charge >= 0.3 is 6.03 Å². The molecule has 1 atom stereocenters. The van der Waals surface area contributed by atoms with E-state index in [2.05, 4.69) is 32.4 Å². The Labute approximate surface area is 154 Å². The van der Waals surface area contributed by atoms with E-state index in [1.54, 1.807) is 11.3 Å². The molecule has 0 spiro atoms. The van der Waals surface area contributed by atoms with Crippen LogP contribution in [0.3, 0.4) is 0 Å². The molecule has 5 aliphatic rings. The fraction of sp³-hybridized carbons (Fsp3) is 0.750. The number of nitrogens with one attached hydrogen (secondary N) is 2. The van der Waals surface area contributed by atoms with E-state index in [9.17, 15) is 4.79 Å². The Balaban J connectivity index is 1.20. The van der Waals surface area contributed by atoms with Gasteiger partial charge in [0.25, 0.3) is 0 Å². The van der Waals surface area contributed by atoms with Crippen LogP contribution in [0.2, 0.25) is 0 Å². The van der Waals surface area contributed by atoms with E-state index >= 15 is 0 Å². The molecule has 0 aromatic carbocycles. The summed E-state index contributed by atoms with van der Waals surface area (Å²) in [6.07, 6.45) is 9.17. The zero-order chi connectivity index (χ0) is 16.9. The van der Waals surface area contributed by atoms with E-state index in [0.717, 1.165) is 37.4 Å². The maximum Gasteiger partial charge on any atom is 0.315 e. The summed E-state index contributed by atoms with van der Waals surface area (Å²) in [4.78, 5) is 15.2. The van der Waals surface area contributed by atoms with Gasteiger partial charge in [-0.2, -0.15) is 11.3 Å². The Morgan fingerprint density at radius 1 is 1.20 bits per heavy atom. The molecule has 4 saturated carbocycles. The number of carbonyl (C=O) groups is 1. The van der Waals surface area contributed by atoms with Crippen molar-refractivity contribution in [3.05, 3.63) is 22.4 Å². The number of urea groups is 1. The normalized spacial score (nSPS) is 37.5. The first kappa shape index (κ1) is 16.1. The molecule has 4 nitrogen and oxygen atoms in total. The van der Waals surface area contributed by atoms with Crippen molar-refractivity contribution in [2.45, 2.75) is 56.5 Å². The monoisotopic (exact) mass is 359 g/mol. The quantitative estimate of drug-likeness (QED) is 0.841. The summed E-state index contributed by atoms with van der Waals surface area (Å²) in [5.41, 5.74) is 1.45. The van der Waals surface area contributed by atoms with E-state index in [1.165, 1.54) is 50.5 Å². The lowest BCUT2D eigenvalue weighted by molar-refractivity contribution is -0.0136. The molecular weight excluding hydrogens is 330 g/mol. The highest BCUT2D eigenvalue weighted by Gasteiger charge is 2.51. The van der Waals surface area contributed by atoms with Crippen molar-refractivity contribution in [1.82, 2.24) is 15.5 Å². The first-order valence-electron chi connectivity index (χ1n) is 10.0. The van der Waals surface area contributed by atoms with Crippen molar-refractivity contribution in [2.75, 3.05) is 19.6 Å². The average molecular weight is 360 g/mol. The second kappa shape index (κ2) is 6.27. The van der Waals surface area contributed by atoms with Crippen LogP contribution in [0.4, 0.5) is 4.79 Å². The standard InChI is InChI=1S/C20H29N3OS/c24-19(21-12-18(23-3-1-4-23)17-2-5-25-13-17)22-20-9-14-6-15(10-20)8-16(7-14)11-20/h2,5,13-16,18H,1,3-4,6-12H2,(H2,21,22,24). The van der Waals surface area contributed by atoms with Crippen LogP contribution in [0, 0.1) is 17.8 Å². The summed E-state index contributed by atoms with van der Waals surface area (Å²) < 4.78 is 0. The molecular formula is C20H29N3OS. The number of likely N-dealkylation sites (tertiary alicyclic amines) is 1. The molecule has 136 valence electrons. The van der Waals surface area contributed by atoms with E-state index in [1.807, 2.05) is 0 Å². The van der Waals surface area contributed by atoms with Crippen LogP contribution in [-0.2, 0) is 0 Å². The fourth-order valence-corrected chi connectivity index (χ4v) is 7.02. The number of amides is 2. The molecule has 0 radical (unpaired) electrons. The molecule has 5 fully saturated rings. The Morgan fingerprint density at radius 3 is 2.40 bits per heavy atom. The zero-order valence-electron chi connectivity index (χ0n) is 14.9. The van der Waals surface area contributed by atoms with Crippen molar-refractivity contribution >= 4 is 17.4 Å². The lowest BCUT2D eigenvalue weighted by atomic mass is 9.53. The topological polar surface area (TPSA) is 44.4 Å². The zero-order valence-corrected chi connectivity index (χ0v) is 15.7. The van der Waals surface area contributed by atoms with Crippen LogP contribution >= 0.6 is 11.3 Å². The van der Waals surface area contributed by atoms with Crippen LogP contribution in [0.5, 0.6) is 0 Å². The number of nitrogens with zero attached hydrogens (tertiary/aromatic N) is 1. The van der Waals surface area contributed by atoms with Crippen LogP contribution in [0.1, 0.15) is 56.6 Å². The highest BCUT2D eigenvalue weighted by molar-refractivity contribution is 7.07. The van der Waals surface area contributed by atoms with Crippen molar-refractivity contribution < 1.29 is 4.79 Å². The van der Waals surface area contributed by atoms with Crippen LogP contribution in [-0.4, -0.2) is 36.1 Å². The minimum atomic E-state index is 0.0581. The van der Waals surface area contributed by atoms with Gasteiger partial charge in [0.05, 0.1) is 6.04 Å². The van der Waals surface area contributed by atoms with Gasteiger partial charge in [0, 0.05) is 25.2 Å². The third-order valence-electron chi connectivity index (χ3n) is 7.13. The molecule has 4 aliphatic carbocycles. The van der Waals surface area contributed by atoms with Gasteiger partial charge in [0.15, 0.2) is 0 Å². The predicted octanol–water partition coefficient (Wildman–Crippen LogP) is 3.76. The molecule has 1 aliphatic heterocycles. The molecule has 25 heavy (non-hydrogen) atoms. The Morgan fingerprint density at radius 2 is 1.88 bits per heavy atom. The molecule has 1 saturated heterocycles. The minimum absolute atomic E-state index is 0.0581. The van der Waals surface area contributed by atoms with Gasteiger partial charge < -0.3 is 10.6 Å². The first-order valence-corrected chi connectivity index (χ1v) is 11.0. The van der Waals surface area contributed by atoms with Gasteiger partial charge in [0.1, 0.15) is 0 Å². The molecule has 5 heteroatoms. The minimum Gasteiger partial charge on any atom is -0.336 e. The summed E-state index contributed by atoms with van der Waals surface area (Å²) in [7, 11) is 0. The third kappa shape index (κ3) is 3.10. The summed E-state index contributed by atoms with van der Waals surface area (Å²) >= 11 is 1.74. The predicted molar refractivity (Wildman–Crippen MR) is 101 cm³/mol. The maximum absolute atomic E-state index is 12.7. The van der Waals surface area contributed by atoms with Crippen molar-refractivity contribution in [3.8, 4) is 0 Å². The first-order chi connectivity index (χ1) is 12.2. The van der Waals surface area contributed by atoms with Gasteiger partial charge in [-0.15, -0.1) is 0 Å². The van der Waals surface area contributed by atoms with Crippen LogP contribution in [0.25, 0.3) is 0 Å². The largest absolute Gasteiger partial charge is 0.336 e. The molecule has 4 bridgehead atoms. The highest BCUT2D eigenvalue weighted by Crippen LogP contribution is 2.55. The second-order valence-corrected chi connectivity index (χ2v) is 9.77. The highest BCUT2D eigenvalue weighted by atomic mass is 32.1. The number of carbonyl (C=O) groups excluding carboxylic acids is 1. The number of thiophene rings is 1.